The molecule has 9 heteroatoms. The molecule has 1 heterocycles. The maximum atomic E-state index is 15.0. The first-order chi connectivity index (χ1) is 16.8. The van der Waals surface area contributed by atoms with Gasteiger partial charge in [-0.05, 0) is 42.0 Å². The summed E-state index contributed by atoms with van der Waals surface area (Å²) in [5, 5.41) is 3.17. The fourth-order valence-corrected chi connectivity index (χ4v) is 4.66. The Morgan fingerprint density at radius 3 is 2.23 bits per heavy atom. The van der Waals surface area contributed by atoms with Gasteiger partial charge in [0, 0.05) is 23.9 Å². The summed E-state index contributed by atoms with van der Waals surface area (Å²) >= 11 is 6.23. The lowest BCUT2D eigenvalue weighted by atomic mass is 9.79. The molecular weight excluding hydrogens is 475 g/mol. The standard InChI is InChI=1S/C26H24ClFN2O5/c1-30-24(15-7-5-6-8-19(15)28)23(25(31)29-14-9-10-20(33-2)18(27)11-14)16-12-21(34-3)22(35-4)13-17(16)26(30)32/h5-13,23-24H,1-4H3,(H,29,31)/t23-,24-/m1/s1. The van der Waals surface area contributed by atoms with Gasteiger partial charge in [-0.3, -0.25) is 9.59 Å². The summed E-state index contributed by atoms with van der Waals surface area (Å²) in [6.07, 6.45) is 0. The molecule has 1 aliphatic rings. The van der Waals surface area contributed by atoms with Crippen LogP contribution in [-0.4, -0.2) is 45.1 Å². The average molecular weight is 499 g/mol. The van der Waals surface area contributed by atoms with E-state index in [0.29, 0.717) is 33.5 Å². The molecule has 0 aliphatic carbocycles. The number of anilines is 1. The Labute approximate surface area is 207 Å². The Morgan fingerprint density at radius 2 is 1.60 bits per heavy atom. The molecule has 4 rings (SSSR count). The monoisotopic (exact) mass is 498 g/mol. The van der Waals surface area contributed by atoms with Crippen LogP contribution in [-0.2, 0) is 4.79 Å². The van der Waals surface area contributed by atoms with Crippen LogP contribution in [0.25, 0.3) is 0 Å². The molecule has 0 bridgehead atoms. The minimum Gasteiger partial charge on any atom is -0.495 e. The number of amides is 2. The van der Waals surface area contributed by atoms with Gasteiger partial charge < -0.3 is 24.4 Å². The van der Waals surface area contributed by atoms with Crippen LogP contribution in [0.2, 0.25) is 5.02 Å². The zero-order chi connectivity index (χ0) is 25.3. The molecule has 0 fully saturated rings. The number of hydrogen-bond donors (Lipinski definition) is 1. The molecule has 1 aliphatic heterocycles. The molecular formula is C26H24ClFN2O5. The van der Waals surface area contributed by atoms with E-state index in [2.05, 4.69) is 5.32 Å². The second-order valence-corrected chi connectivity index (χ2v) is 8.40. The molecule has 182 valence electrons. The fourth-order valence-electron chi connectivity index (χ4n) is 4.40. The number of halogens is 2. The normalized spacial score (nSPS) is 17.0. The Morgan fingerprint density at radius 1 is 0.943 bits per heavy atom. The van der Waals surface area contributed by atoms with E-state index in [4.69, 9.17) is 25.8 Å². The van der Waals surface area contributed by atoms with Crippen LogP contribution >= 0.6 is 11.6 Å². The van der Waals surface area contributed by atoms with Gasteiger partial charge >= 0.3 is 0 Å². The Balaban J connectivity index is 1.87. The van der Waals surface area contributed by atoms with Crippen LogP contribution in [0.5, 0.6) is 17.2 Å². The summed E-state index contributed by atoms with van der Waals surface area (Å²) in [7, 11) is 5.96. The van der Waals surface area contributed by atoms with E-state index >= 15 is 0 Å². The number of hydrogen-bond acceptors (Lipinski definition) is 5. The van der Waals surface area contributed by atoms with E-state index in [0.717, 1.165) is 0 Å². The van der Waals surface area contributed by atoms with E-state index in [1.54, 1.807) is 49.5 Å². The molecule has 0 saturated carbocycles. The van der Waals surface area contributed by atoms with Crippen molar-refractivity contribution in [1.82, 2.24) is 4.90 Å². The van der Waals surface area contributed by atoms with Crippen molar-refractivity contribution < 1.29 is 28.2 Å². The van der Waals surface area contributed by atoms with Crippen molar-refractivity contribution in [2.75, 3.05) is 33.7 Å². The first-order valence-corrected chi connectivity index (χ1v) is 11.1. The van der Waals surface area contributed by atoms with Gasteiger partial charge in [-0.25, -0.2) is 4.39 Å². The molecule has 0 aromatic heterocycles. The first-order valence-electron chi connectivity index (χ1n) is 10.7. The van der Waals surface area contributed by atoms with Gasteiger partial charge in [0.25, 0.3) is 5.91 Å². The number of benzene rings is 3. The Kier molecular flexibility index (Phi) is 6.84. The van der Waals surface area contributed by atoms with Gasteiger partial charge in [0.15, 0.2) is 11.5 Å². The lowest BCUT2D eigenvalue weighted by Crippen LogP contribution is -2.44. The van der Waals surface area contributed by atoms with Gasteiger partial charge in [-0.2, -0.15) is 0 Å². The largest absolute Gasteiger partial charge is 0.495 e. The lowest BCUT2D eigenvalue weighted by molar-refractivity contribution is -0.119. The summed E-state index contributed by atoms with van der Waals surface area (Å²) in [6.45, 7) is 0. The van der Waals surface area contributed by atoms with E-state index < -0.39 is 23.7 Å². The molecule has 0 radical (unpaired) electrons. The van der Waals surface area contributed by atoms with Crippen molar-refractivity contribution in [1.29, 1.82) is 0 Å². The van der Waals surface area contributed by atoms with E-state index in [9.17, 15) is 14.0 Å². The van der Waals surface area contributed by atoms with Gasteiger partial charge in [0.05, 0.1) is 38.3 Å². The predicted molar refractivity (Wildman–Crippen MR) is 130 cm³/mol. The number of nitrogens with one attached hydrogen (secondary N) is 1. The highest BCUT2D eigenvalue weighted by Crippen LogP contribution is 2.46. The number of fused-ring (bicyclic) bond motifs is 1. The Hall–Kier alpha value is -3.78. The second kappa shape index (κ2) is 9.84. The van der Waals surface area contributed by atoms with Crippen LogP contribution in [0, 0.1) is 5.82 Å². The van der Waals surface area contributed by atoms with Crippen molar-refractivity contribution in [3.63, 3.8) is 0 Å². The Bertz CT molecular complexity index is 1300. The van der Waals surface area contributed by atoms with Gasteiger partial charge in [0.2, 0.25) is 5.91 Å². The lowest BCUT2D eigenvalue weighted by Gasteiger charge is -2.40. The maximum absolute atomic E-state index is 15.0. The van der Waals surface area contributed by atoms with E-state index in [1.165, 1.54) is 38.4 Å². The summed E-state index contributed by atoms with van der Waals surface area (Å²) in [5.41, 5.74) is 1.31. The third-order valence-corrected chi connectivity index (χ3v) is 6.40. The van der Waals surface area contributed by atoms with Gasteiger partial charge in [-0.1, -0.05) is 29.8 Å². The summed E-state index contributed by atoms with van der Waals surface area (Å²) in [6, 6.07) is 13.1. The number of carbonyl (C=O) groups excluding carboxylic acids is 2. The van der Waals surface area contributed by atoms with E-state index in [-0.39, 0.29) is 17.0 Å². The highest BCUT2D eigenvalue weighted by Gasteiger charge is 2.44. The molecule has 3 aromatic carbocycles. The second-order valence-electron chi connectivity index (χ2n) is 7.99. The zero-order valence-electron chi connectivity index (χ0n) is 19.6. The number of nitrogens with zero attached hydrogens (tertiary/aromatic N) is 1. The molecule has 7 nitrogen and oxygen atoms in total. The minimum atomic E-state index is -0.967. The van der Waals surface area contributed by atoms with Gasteiger partial charge in [0.1, 0.15) is 11.6 Å². The van der Waals surface area contributed by atoms with E-state index in [1.807, 2.05) is 0 Å². The summed E-state index contributed by atoms with van der Waals surface area (Å²) < 4.78 is 30.9. The van der Waals surface area contributed by atoms with Crippen molar-refractivity contribution in [2.24, 2.45) is 0 Å². The van der Waals surface area contributed by atoms with Crippen LogP contribution in [0.3, 0.4) is 0 Å². The van der Waals surface area contributed by atoms with Gasteiger partial charge in [-0.15, -0.1) is 0 Å². The van der Waals surface area contributed by atoms with Crippen molar-refractivity contribution >= 4 is 29.1 Å². The topological polar surface area (TPSA) is 77.1 Å². The minimum absolute atomic E-state index is 0.219. The summed E-state index contributed by atoms with van der Waals surface area (Å²) in [5.74, 6) is -1.16. The average Bonchev–Trinajstić information content (AvgIpc) is 2.85. The van der Waals surface area contributed by atoms with Crippen LogP contribution in [0.1, 0.15) is 33.4 Å². The van der Waals surface area contributed by atoms with Crippen molar-refractivity contribution in [3.8, 4) is 17.2 Å². The molecule has 3 aromatic rings. The molecule has 35 heavy (non-hydrogen) atoms. The first kappa shape index (κ1) is 24.3. The summed E-state index contributed by atoms with van der Waals surface area (Å²) in [4.78, 5) is 28.5. The number of ether oxygens (including phenoxy) is 3. The van der Waals surface area contributed by atoms with Crippen molar-refractivity contribution in [2.45, 2.75) is 12.0 Å². The zero-order valence-corrected chi connectivity index (χ0v) is 20.4. The predicted octanol–water partition coefficient (Wildman–Crippen LogP) is 5.05. The van der Waals surface area contributed by atoms with Crippen molar-refractivity contribution in [3.05, 3.63) is 82.1 Å². The van der Waals surface area contributed by atoms with Crippen LogP contribution in [0.4, 0.5) is 10.1 Å². The molecule has 0 saturated heterocycles. The third kappa shape index (κ3) is 4.37. The van der Waals surface area contributed by atoms with Crippen LogP contribution in [0.15, 0.2) is 54.6 Å². The molecule has 2 atom stereocenters. The number of rotatable bonds is 6. The molecule has 0 unspecified atom stereocenters. The number of methoxy groups -OCH3 is 3. The smallest absolute Gasteiger partial charge is 0.254 e. The fraction of sp³-hybridized carbons (Fsp3) is 0.231. The number of carbonyl (C=O) groups is 2. The molecule has 2 amide bonds. The molecule has 1 N–H and O–H groups in total. The maximum Gasteiger partial charge on any atom is 0.254 e. The molecule has 0 spiro atoms. The highest BCUT2D eigenvalue weighted by molar-refractivity contribution is 6.32. The van der Waals surface area contributed by atoms with Crippen LogP contribution < -0.4 is 19.5 Å². The SMILES string of the molecule is COc1ccc(NC(=O)[C@@H]2c3cc(OC)c(OC)cc3C(=O)N(C)[C@@H]2c2ccccc2F)cc1Cl. The highest BCUT2D eigenvalue weighted by atomic mass is 35.5. The number of likely N-dealkylation sites (N-methyl/N-ethyl adjacent to an activating group) is 1. The third-order valence-electron chi connectivity index (χ3n) is 6.10. The quantitative estimate of drug-likeness (QED) is 0.514.